The molecule has 0 bridgehead atoms. The standard InChI is InChI=1S/C24H26ClF3N6OS/c1-36(33-8-6-32(7-9-33)19-14-35-15-19)34(18-4-5-21(26)20(25)10-18)13-17-3-2-16(12-29-17)22-11-23(24(27)28)31-30-22/h2-5,10,12,19,24H,1,6-9,11,13-15H2. The van der Waals surface area contributed by atoms with Gasteiger partial charge in [-0.3, -0.25) is 9.88 Å². The lowest BCUT2D eigenvalue weighted by atomic mass is 10.1. The Morgan fingerprint density at radius 2 is 1.92 bits per heavy atom. The normalized spacial score (nSPS) is 20.2. The van der Waals surface area contributed by atoms with E-state index in [2.05, 4.69) is 34.6 Å². The molecule has 1 aromatic carbocycles. The third-order valence-corrected chi connectivity index (χ3v) is 8.62. The Hall–Kier alpha value is -2.31. The van der Waals surface area contributed by atoms with Crippen molar-refractivity contribution >= 4 is 45.4 Å². The number of nitrogens with zero attached hydrogens (tertiary/aromatic N) is 6. The molecule has 0 saturated carbocycles. The van der Waals surface area contributed by atoms with Gasteiger partial charge in [0.2, 0.25) is 0 Å². The Morgan fingerprint density at radius 1 is 1.14 bits per heavy atom. The molecule has 0 radical (unpaired) electrons. The summed E-state index contributed by atoms with van der Waals surface area (Å²) in [6.07, 6.45) is -0.983. The first-order valence-electron chi connectivity index (χ1n) is 11.6. The summed E-state index contributed by atoms with van der Waals surface area (Å²) in [5.41, 5.74) is 2.38. The van der Waals surface area contributed by atoms with Gasteiger partial charge < -0.3 is 9.04 Å². The third kappa shape index (κ3) is 5.50. The summed E-state index contributed by atoms with van der Waals surface area (Å²) in [6, 6.07) is 8.80. The Balaban J connectivity index is 1.31. The van der Waals surface area contributed by atoms with Crippen LogP contribution in [0, 0.1) is 5.82 Å². The molecule has 2 saturated heterocycles. The second kappa shape index (κ2) is 11.0. The first-order valence-corrected chi connectivity index (χ1v) is 13.3. The van der Waals surface area contributed by atoms with Gasteiger partial charge in [-0.1, -0.05) is 11.6 Å². The van der Waals surface area contributed by atoms with Crippen molar-refractivity contribution in [3.8, 4) is 0 Å². The van der Waals surface area contributed by atoms with Gasteiger partial charge in [0.1, 0.15) is 11.5 Å². The van der Waals surface area contributed by atoms with E-state index in [4.69, 9.17) is 16.3 Å². The van der Waals surface area contributed by atoms with E-state index in [1.807, 2.05) is 12.1 Å². The van der Waals surface area contributed by atoms with E-state index in [9.17, 15) is 13.2 Å². The maximum absolute atomic E-state index is 13.9. The molecular weight excluding hydrogens is 513 g/mol. The summed E-state index contributed by atoms with van der Waals surface area (Å²) in [6.45, 7) is 5.57. The van der Waals surface area contributed by atoms with Gasteiger partial charge in [0.05, 0.1) is 42.2 Å². The largest absolute Gasteiger partial charge is 0.378 e. The van der Waals surface area contributed by atoms with Gasteiger partial charge in [0.15, 0.2) is 0 Å². The predicted octanol–water partition coefficient (Wildman–Crippen LogP) is 4.24. The lowest BCUT2D eigenvalue weighted by molar-refractivity contribution is -0.0717. The first-order chi connectivity index (χ1) is 17.4. The Morgan fingerprint density at radius 3 is 2.50 bits per heavy atom. The van der Waals surface area contributed by atoms with Gasteiger partial charge in [-0.15, -0.1) is 0 Å². The fraction of sp³-hybridized carbons (Fsp3) is 0.417. The molecule has 7 nitrogen and oxygen atoms in total. The number of hydrogen-bond acceptors (Lipinski definition) is 7. The van der Waals surface area contributed by atoms with E-state index in [0.29, 0.717) is 23.9 Å². The SMILES string of the molecule is C=S(N1CCN(C2COC2)CC1)N(Cc1ccc(C2=NN=C(C(F)F)C2)cn1)c1ccc(F)c(Cl)c1. The van der Waals surface area contributed by atoms with Gasteiger partial charge in [-0.05, 0) is 47.1 Å². The summed E-state index contributed by atoms with van der Waals surface area (Å²) in [5, 5.41) is 7.49. The zero-order valence-electron chi connectivity index (χ0n) is 19.5. The second-order valence-corrected chi connectivity index (χ2v) is 10.8. The van der Waals surface area contributed by atoms with Crippen molar-refractivity contribution in [1.29, 1.82) is 0 Å². The summed E-state index contributed by atoms with van der Waals surface area (Å²) >= 11 is 6.11. The maximum atomic E-state index is 13.9. The molecule has 0 spiro atoms. The van der Waals surface area contributed by atoms with Gasteiger partial charge in [0.25, 0.3) is 6.43 Å². The minimum absolute atomic E-state index is 0.0141. The number of rotatable bonds is 8. The number of aromatic nitrogens is 1. The summed E-state index contributed by atoms with van der Waals surface area (Å²) < 4.78 is 49.4. The fourth-order valence-electron chi connectivity index (χ4n) is 4.26. The van der Waals surface area contributed by atoms with Gasteiger partial charge in [0, 0.05) is 50.0 Å². The van der Waals surface area contributed by atoms with Crippen molar-refractivity contribution in [3.05, 3.63) is 58.6 Å². The molecule has 4 heterocycles. The highest BCUT2D eigenvalue weighted by Crippen LogP contribution is 2.35. The van der Waals surface area contributed by atoms with Crippen LogP contribution in [-0.2, 0) is 11.3 Å². The Labute approximate surface area is 215 Å². The smallest absolute Gasteiger partial charge is 0.278 e. The molecule has 3 aliphatic rings. The minimum atomic E-state index is -2.62. The second-order valence-electron chi connectivity index (χ2n) is 8.78. The quantitative estimate of drug-likeness (QED) is 0.471. The van der Waals surface area contributed by atoms with Crippen LogP contribution < -0.4 is 4.31 Å². The van der Waals surface area contributed by atoms with E-state index in [0.717, 1.165) is 50.8 Å². The van der Waals surface area contributed by atoms with Crippen molar-refractivity contribution in [3.63, 3.8) is 0 Å². The van der Waals surface area contributed by atoms with Crippen LogP contribution in [-0.4, -0.2) is 83.3 Å². The van der Waals surface area contributed by atoms with Crippen LogP contribution in [0.2, 0.25) is 5.02 Å². The zero-order chi connectivity index (χ0) is 25.2. The molecule has 3 aliphatic heterocycles. The molecule has 5 rings (SSSR count). The molecule has 1 aromatic heterocycles. The number of anilines is 1. The van der Waals surface area contributed by atoms with Crippen LogP contribution in [0.3, 0.4) is 0 Å². The van der Waals surface area contributed by atoms with E-state index in [-0.39, 0.29) is 17.2 Å². The highest BCUT2D eigenvalue weighted by atomic mass is 35.5. The molecule has 2 fully saturated rings. The van der Waals surface area contributed by atoms with Crippen LogP contribution in [0.5, 0.6) is 0 Å². The molecule has 192 valence electrons. The third-order valence-electron chi connectivity index (χ3n) is 6.52. The average molecular weight is 539 g/mol. The van der Waals surface area contributed by atoms with Crippen LogP contribution in [0.15, 0.2) is 46.7 Å². The molecule has 1 unspecified atom stereocenters. The summed E-state index contributed by atoms with van der Waals surface area (Å²) in [4.78, 5) is 7.00. The van der Waals surface area contributed by atoms with Crippen molar-refractivity contribution in [2.24, 2.45) is 10.2 Å². The molecular formula is C24H26ClF3N6OS. The van der Waals surface area contributed by atoms with E-state index < -0.39 is 23.1 Å². The zero-order valence-corrected chi connectivity index (χ0v) is 21.1. The molecule has 2 aromatic rings. The molecule has 36 heavy (non-hydrogen) atoms. The van der Waals surface area contributed by atoms with Gasteiger partial charge >= 0.3 is 0 Å². The predicted molar refractivity (Wildman–Crippen MR) is 139 cm³/mol. The van der Waals surface area contributed by atoms with Crippen molar-refractivity contribution in [1.82, 2.24) is 14.2 Å². The van der Waals surface area contributed by atoms with E-state index in [1.165, 1.54) is 6.07 Å². The van der Waals surface area contributed by atoms with Crippen molar-refractivity contribution in [2.45, 2.75) is 25.4 Å². The number of hydrogen-bond donors (Lipinski definition) is 0. The van der Waals surface area contributed by atoms with E-state index >= 15 is 0 Å². The van der Waals surface area contributed by atoms with Crippen LogP contribution in [0.1, 0.15) is 17.7 Å². The van der Waals surface area contributed by atoms with Crippen LogP contribution >= 0.6 is 22.5 Å². The number of ether oxygens (including phenoxy) is 1. The highest BCUT2D eigenvalue weighted by molar-refractivity contribution is 8.13. The van der Waals surface area contributed by atoms with Crippen molar-refractivity contribution in [2.75, 3.05) is 43.7 Å². The summed E-state index contributed by atoms with van der Waals surface area (Å²) in [5.74, 6) is 3.98. The lowest BCUT2D eigenvalue weighted by Crippen LogP contribution is -2.56. The number of pyridine rings is 1. The minimum Gasteiger partial charge on any atom is -0.378 e. The molecule has 0 N–H and O–H groups in total. The van der Waals surface area contributed by atoms with Gasteiger partial charge in [-0.2, -0.15) is 10.2 Å². The molecule has 12 heteroatoms. The van der Waals surface area contributed by atoms with Gasteiger partial charge in [-0.25, -0.2) is 17.5 Å². The highest BCUT2D eigenvalue weighted by Gasteiger charge is 2.30. The molecule has 0 amide bonds. The van der Waals surface area contributed by atoms with E-state index in [1.54, 1.807) is 18.3 Å². The number of piperazine rings is 1. The number of halogens is 4. The van der Waals surface area contributed by atoms with Crippen molar-refractivity contribution < 1.29 is 17.9 Å². The lowest BCUT2D eigenvalue weighted by Gasteiger charge is -2.44. The summed E-state index contributed by atoms with van der Waals surface area (Å²) in [7, 11) is -0.578. The topological polar surface area (TPSA) is 56.6 Å². The number of benzene rings is 1. The first kappa shape index (κ1) is 25.3. The molecule has 0 aliphatic carbocycles. The fourth-order valence-corrected chi connectivity index (χ4v) is 5.94. The van der Waals surface area contributed by atoms with Crippen LogP contribution in [0.4, 0.5) is 18.9 Å². The number of alkyl halides is 2. The monoisotopic (exact) mass is 538 g/mol. The Kier molecular flexibility index (Phi) is 7.73. The maximum Gasteiger partial charge on any atom is 0.278 e. The average Bonchev–Trinajstić information content (AvgIpc) is 3.35. The van der Waals surface area contributed by atoms with Crippen LogP contribution in [0.25, 0.3) is 0 Å². The molecule has 1 atom stereocenters. The Bertz CT molecular complexity index is 1180.